The predicted molar refractivity (Wildman–Crippen MR) is 57.6 cm³/mol. The Morgan fingerprint density at radius 2 is 2.14 bits per heavy atom. The molecule has 1 aliphatic rings. The Morgan fingerprint density at radius 3 is 2.57 bits per heavy atom. The molecule has 0 spiro atoms. The fourth-order valence-electron chi connectivity index (χ4n) is 2.07. The van der Waals surface area contributed by atoms with Crippen molar-refractivity contribution >= 4 is 16.8 Å². The summed E-state index contributed by atoms with van der Waals surface area (Å²) in [5.41, 5.74) is 1.91. The number of hydrogen-bond acceptors (Lipinski definition) is 1. The molecule has 2 rings (SSSR count). The summed E-state index contributed by atoms with van der Waals surface area (Å²) in [4.78, 5) is 11.4. The van der Waals surface area contributed by atoms with Gasteiger partial charge in [-0.25, -0.2) is 0 Å². The Morgan fingerprint density at radius 1 is 1.43 bits per heavy atom. The summed E-state index contributed by atoms with van der Waals surface area (Å²) in [5.74, 6) is 0. The molecule has 0 N–H and O–H groups in total. The third kappa shape index (κ3) is 1.36. The van der Waals surface area contributed by atoms with E-state index in [1.165, 1.54) is 5.56 Å². The number of rotatable bonds is 2. The Bertz CT molecular complexity index is 366. The summed E-state index contributed by atoms with van der Waals surface area (Å²) in [6.45, 7) is 2.04. The largest absolute Gasteiger partial charge is 0.280 e. The number of hydrogen-bond donors (Lipinski definition) is 0. The molecule has 0 aliphatic heterocycles. The summed E-state index contributed by atoms with van der Waals surface area (Å²) >= 11 is 5.68. The van der Waals surface area contributed by atoms with Gasteiger partial charge in [-0.05, 0) is 36.9 Å². The van der Waals surface area contributed by atoms with E-state index in [9.17, 15) is 4.79 Å². The molecule has 74 valence electrons. The Balaban J connectivity index is 2.42. The van der Waals surface area contributed by atoms with Crippen LogP contribution in [0.4, 0.5) is 0 Å². The minimum absolute atomic E-state index is 0.200. The van der Waals surface area contributed by atoms with Crippen molar-refractivity contribution in [2.24, 2.45) is 0 Å². The predicted octanol–water partition coefficient (Wildman–Crippen LogP) is 3.18. The van der Waals surface area contributed by atoms with E-state index in [1.54, 1.807) is 0 Å². The van der Waals surface area contributed by atoms with Gasteiger partial charge in [0.05, 0.1) is 5.41 Å². The molecule has 1 aromatic rings. The van der Waals surface area contributed by atoms with Crippen LogP contribution in [0.25, 0.3) is 0 Å². The molecule has 0 amide bonds. The quantitative estimate of drug-likeness (QED) is 0.683. The van der Waals surface area contributed by atoms with Crippen molar-refractivity contribution < 1.29 is 4.79 Å². The highest BCUT2D eigenvalue weighted by atomic mass is 35.5. The second-order valence-electron chi connectivity index (χ2n) is 4.08. The van der Waals surface area contributed by atoms with Gasteiger partial charge < -0.3 is 0 Å². The van der Waals surface area contributed by atoms with Crippen molar-refractivity contribution in [3.8, 4) is 0 Å². The number of carbonyl (C=O) groups is 1. The molecule has 0 saturated heterocycles. The first kappa shape index (κ1) is 9.72. The van der Waals surface area contributed by atoms with Crippen molar-refractivity contribution in [2.75, 3.05) is 0 Å². The minimum Gasteiger partial charge on any atom is -0.280 e. The maximum atomic E-state index is 11.4. The second kappa shape index (κ2) is 3.39. The first-order valence-electron chi connectivity index (χ1n) is 4.92. The lowest BCUT2D eigenvalue weighted by molar-refractivity contribution is -0.119. The van der Waals surface area contributed by atoms with Gasteiger partial charge in [-0.15, -0.1) is 0 Å². The van der Waals surface area contributed by atoms with Crippen LogP contribution in [0.2, 0.25) is 0 Å². The van der Waals surface area contributed by atoms with E-state index in [0.717, 1.165) is 24.8 Å². The highest BCUT2D eigenvalue weighted by molar-refractivity contribution is 6.65. The zero-order valence-corrected chi connectivity index (χ0v) is 8.97. The van der Waals surface area contributed by atoms with E-state index in [0.29, 0.717) is 0 Å². The van der Waals surface area contributed by atoms with Crippen molar-refractivity contribution in [2.45, 2.75) is 31.6 Å². The van der Waals surface area contributed by atoms with Crippen molar-refractivity contribution in [3.63, 3.8) is 0 Å². The highest BCUT2D eigenvalue weighted by Crippen LogP contribution is 2.45. The van der Waals surface area contributed by atoms with Crippen LogP contribution in [0.15, 0.2) is 24.3 Å². The normalized spacial score (nSPS) is 18.7. The third-order valence-electron chi connectivity index (χ3n) is 3.15. The van der Waals surface area contributed by atoms with E-state index in [-0.39, 0.29) is 10.7 Å². The molecule has 1 aliphatic carbocycles. The van der Waals surface area contributed by atoms with Crippen LogP contribution in [0.1, 0.15) is 30.4 Å². The number of aryl methyl sites for hydroxylation is 1. The van der Waals surface area contributed by atoms with Gasteiger partial charge in [0.15, 0.2) is 0 Å². The van der Waals surface area contributed by atoms with Crippen LogP contribution in [-0.4, -0.2) is 5.24 Å². The molecule has 2 heteroatoms. The van der Waals surface area contributed by atoms with Gasteiger partial charge in [-0.2, -0.15) is 0 Å². The molecular weight excluding hydrogens is 196 g/mol. The summed E-state index contributed by atoms with van der Waals surface area (Å²) in [6.07, 6.45) is 2.91. The lowest BCUT2D eigenvalue weighted by Crippen LogP contribution is -2.39. The van der Waals surface area contributed by atoms with E-state index >= 15 is 0 Å². The minimum atomic E-state index is -0.367. The lowest BCUT2D eigenvalue weighted by atomic mass is 9.65. The first-order valence-corrected chi connectivity index (χ1v) is 5.30. The molecule has 1 nitrogen and oxygen atoms in total. The SMILES string of the molecule is Cc1cccc(C2(C(=O)Cl)CCC2)c1. The maximum absolute atomic E-state index is 11.4. The molecule has 1 aromatic carbocycles. The van der Waals surface area contributed by atoms with Gasteiger partial charge in [0, 0.05) is 0 Å². The lowest BCUT2D eigenvalue weighted by Gasteiger charge is -2.39. The monoisotopic (exact) mass is 208 g/mol. The van der Waals surface area contributed by atoms with Gasteiger partial charge in [-0.3, -0.25) is 4.79 Å². The van der Waals surface area contributed by atoms with Crippen molar-refractivity contribution in [3.05, 3.63) is 35.4 Å². The summed E-state index contributed by atoms with van der Waals surface area (Å²) in [6, 6.07) is 8.10. The zero-order valence-electron chi connectivity index (χ0n) is 8.22. The van der Waals surface area contributed by atoms with Gasteiger partial charge in [0.1, 0.15) is 0 Å². The topological polar surface area (TPSA) is 17.1 Å². The van der Waals surface area contributed by atoms with Crippen LogP contribution in [0.3, 0.4) is 0 Å². The van der Waals surface area contributed by atoms with Crippen LogP contribution in [-0.2, 0) is 10.2 Å². The van der Waals surface area contributed by atoms with Gasteiger partial charge >= 0.3 is 0 Å². The number of halogens is 1. The van der Waals surface area contributed by atoms with E-state index in [2.05, 4.69) is 6.07 Å². The Hall–Kier alpha value is -0.820. The molecule has 0 radical (unpaired) electrons. The average molecular weight is 209 g/mol. The standard InChI is InChI=1S/C12H13ClO/c1-9-4-2-5-10(8-9)12(11(13)14)6-3-7-12/h2,4-5,8H,3,6-7H2,1H3. The van der Waals surface area contributed by atoms with E-state index in [1.807, 2.05) is 25.1 Å². The van der Waals surface area contributed by atoms with Crippen LogP contribution in [0.5, 0.6) is 0 Å². The summed E-state index contributed by atoms with van der Waals surface area (Å²) < 4.78 is 0. The van der Waals surface area contributed by atoms with Crippen molar-refractivity contribution in [1.29, 1.82) is 0 Å². The van der Waals surface area contributed by atoms with Gasteiger partial charge in [-0.1, -0.05) is 36.2 Å². The zero-order chi connectivity index (χ0) is 10.2. The second-order valence-corrected chi connectivity index (χ2v) is 4.42. The Kier molecular flexibility index (Phi) is 2.36. The number of carbonyl (C=O) groups excluding carboxylic acids is 1. The average Bonchev–Trinajstić information content (AvgIpc) is 2.00. The number of benzene rings is 1. The maximum Gasteiger partial charge on any atom is 0.232 e. The molecule has 0 heterocycles. The third-order valence-corrected chi connectivity index (χ3v) is 3.52. The van der Waals surface area contributed by atoms with Crippen molar-refractivity contribution in [1.82, 2.24) is 0 Å². The van der Waals surface area contributed by atoms with Crippen LogP contribution in [0, 0.1) is 6.92 Å². The highest BCUT2D eigenvalue weighted by Gasteiger charge is 2.44. The Labute approximate surface area is 89.1 Å². The van der Waals surface area contributed by atoms with Crippen LogP contribution >= 0.6 is 11.6 Å². The molecule has 14 heavy (non-hydrogen) atoms. The van der Waals surface area contributed by atoms with E-state index in [4.69, 9.17) is 11.6 Å². The fraction of sp³-hybridized carbons (Fsp3) is 0.417. The van der Waals surface area contributed by atoms with Crippen LogP contribution < -0.4 is 0 Å². The molecule has 0 bridgehead atoms. The molecule has 1 saturated carbocycles. The smallest absolute Gasteiger partial charge is 0.232 e. The molecular formula is C12H13ClO. The fourth-order valence-corrected chi connectivity index (χ4v) is 2.37. The van der Waals surface area contributed by atoms with Gasteiger partial charge in [0.2, 0.25) is 5.24 Å². The molecule has 0 aromatic heterocycles. The molecule has 0 unspecified atom stereocenters. The van der Waals surface area contributed by atoms with Gasteiger partial charge in [0.25, 0.3) is 0 Å². The molecule has 0 atom stereocenters. The molecule has 1 fully saturated rings. The summed E-state index contributed by atoms with van der Waals surface area (Å²) in [5, 5.41) is -0.200. The first-order chi connectivity index (χ1) is 6.65. The summed E-state index contributed by atoms with van der Waals surface area (Å²) in [7, 11) is 0. The van der Waals surface area contributed by atoms with E-state index < -0.39 is 0 Å².